The highest BCUT2D eigenvalue weighted by atomic mass is 19.1. The van der Waals surface area contributed by atoms with Crippen molar-refractivity contribution < 1.29 is 9.18 Å². The topological polar surface area (TPSA) is 85.1 Å². The number of halogens is 1. The zero-order chi connectivity index (χ0) is 21.6. The Labute approximate surface area is 178 Å². The molecule has 0 aliphatic heterocycles. The van der Waals surface area contributed by atoms with Crippen LogP contribution in [-0.2, 0) is 6.54 Å². The van der Waals surface area contributed by atoms with Gasteiger partial charge in [-0.3, -0.25) is 4.79 Å². The van der Waals surface area contributed by atoms with Crippen molar-refractivity contribution in [2.75, 3.05) is 0 Å². The first kappa shape index (κ1) is 20.1. The number of tetrazole rings is 1. The lowest BCUT2D eigenvalue weighted by atomic mass is 10.1. The van der Waals surface area contributed by atoms with Gasteiger partial charge in [-0.1, -0.05) is 60.7 Å². The molecule has 0 unspecified atom stereocenters. The van der Waals surface area contributed by atoms with E-state index in [2.05, 4.69) is 25.9 Å². The van der Waals surface area contributed by atoms with Gasteiger partial charge >= 0.3 is 0 Å². The average Bonchev–Trinajstić information content (AvgIpc) is 3.27. The molecule has 1 N–H and O–H groups in total. The molecule has 4 aromatic rings. The van der Waals surface area contributed by atoms with Crippen LogP contribution < -0.4 is 5.43 Å². The summed E-state index contributed by atoms with van der Waals surface area (Å²) in [5, 5.41) is 16.5. The minimum atomic E-state index is -0.389. The monoisotopic (exact) mass is 414 g/mol. The van der Waals surface area contributed by atoms with Crippen molar-refractivity contribution in [2.45, 2.75) is 13.5 Å². The maximum absolute atomic E-state index is 13.8. The quantitative estimate of drug-likeness (QED) is 0.385. The molecule has 0 radical (unpaired) electrons. The fraction of sp³-hybridized carbons (Fsp3) is 0.0870. The van der Waals surface area contributed by atoms with Gasteiger partial charge in [-0.15, -0.1) is 10.2 Å². The molecule has 1 aromatic heterocycles. The Hall–Kier alpha value is -4.20. The summed E-state index contributed by atoms with van der Waals surface area (Å²) in [5.41, 5.74) is 5.43. The molecule has 8 heteroatoms. The highest BCUT2D eigenvalue weighted by Crippen LogP contribution is 2.13. The summed E-state index contributed by atoms with van der Waals surface area (Å²) >= 11 is 0. The second kappa shape index (κ2) is 9.08. The van der Waals surface area contributed by atoms with E-state index in [1.165, 1.54) is 10.9 Å². The Morgan fingerprint density at radius 3 is 2.45 bits per heavy atom. The van der Waals surface area contributed by atoms with Crippen LogP contribution in [0.15, 0.2) is 84.0 Å². The molecular formula is C23H19FN6O. The number of amides is 1. The molecule has 0 bridgehead atoms. The summed E-state index contributed by atoms with van der Waals surface area (Å²) in [6.45, 7) is 2.06. The number of carbonyl (C=O) groups excluding carboxylic acids is 1. The Kier molecular flexibility index (Phi) is 5.89. The summed E-state index contributed by atoms with van der Waals surface area (Å²) < 4.78 is 13.8. The van der Waals surface area contributed by atoms with E-state index in [1.807, 2.05) is 42.5 Å². The van der Waals surface area contributed by atoms with Crippen molar-refractivity contribution in [1.82, 2.24) is 25.6 Å². The van der Waals surface area contributed by atoms with Gasteiger partial charge < -0.3 is 0 Å². The van der Waals surface area contributed by atoms with E-state index >= 15 is 0 Å². The number of hydrazone groups is 1. The maximum Gasteiger partial charge on any atom is 0.271 e. The Morgan fingerprint density at radius 1 is 1.00 bits per heavy atom. The zero-order valence-corrected chi connectivity index (χ0v) is 16.7. The summed E-state index contributed by atoms with van der Waals surface area (Å²) in [4.78, 5) is 13.8. The largest absolute Gasteiger partial charge is 0.271 e. The lowest BCUT2D eigenvalue weighted by molar-refractivity contribution is 0.0955. The first-order valence-electron chi connectivity index (χ1n) is 9.62. The van der Waals surface area contributed by atoms with Gasteiger partial charge in [0.2, 0.25) is 5.82 Å². The molecule has 0 aliphatic rings. The third kappa shape index (κ3) is 4.87. The van der Waals surface area contributed by atoms with E-state index in [0.29, 0.717) is 29.2 Å². The van der Waals surface area contributed by atoms with Crippen LogP contribution in [0.25, 0.3) is 11.4 Å². The lowest BCUT2D eigenvalue weighted by Gasteiger charge is -2.05. The van der Waals surface area contributed by atoms with Crippen molar-refractivity contribution in [3.8, 4) is 11.4 Å². The predicted molar refractivity (Wildman–Crippen MR) is 115 cm³/mol. The first-order valence-corrected chi connectivity index (χ1v) is 9.62. The van der Waals surface area contributed by atoms with E-state index in [-0.39, 0.29) is 11.7 Å². The normalized spacial score (nSPS) is 11.4. The fourth-order valence-electron chi connectivity index (χ4n) is 2.95. The zero-order valence-electron chi connectivity index (χ0n) is 16.7. The third-order valence-electron chi connectivity index (χ3n) is 4.61. The van der Waals surface area contributed by atoms with E-state index < -0.39 is 0 Å². The van der Waals surface area contributed by atoms with Crippen molar-refractivity contribution in [3.05, 3.63) is 101 Å². The van der Waals surface area contributed by atoms with Crippen LogP contribution >= 0.6 is 0 Å². The van der Waals surface area contributed by atoms with Gasteiger partial charge in [0.05, 0.1) is 12.3 Å². The second-order valence-corrected chi connectivity index (χ2v) is 6.82. The number of aromatic nitrogens is 4. The fourth-order valence-corrected chi connectivity index (χ4v) is 2.95. The van der Waals surface area contributed by atoms with E-state index in [1.54, 1.807) is 37.3 Å². The van der Waals surface area contributed by atoms with Crippen molar-refractivity contribution in [2.24, 2.45) is 5.10 Å². The summed E-state index contributed by atoms with van der Waals surface area (Å²) in [6, 6.07) is 22.9. The van der Waals surface area contributed by atoms with Gasteiger partial charge in [0, 0.05) is 16.7 Å². The lowest BCUT2D eigenvalue weighted by Crippen LogP contribution is -2.19. The van der Waals surface area contributed by atoms with Crippen LogP contribution in [0.4, 0.5) is 4.39 Å². The average molecular weight is 414 g/mol. The van der Waals surface area contributed by atoms with Gasteiger partial charge in [-0.05, 0) is 35.9 Å². The molecule has 4 rings (SSSR count). The molecule has 31 heavy (non-hydrogen) atoms. The van der Waals surface area contributed by atoms with Crippen molar-refractivity contribution >= 4 is 11.6 Å². The molecule has 1 amide bonds. The summed E-state index contributed by atoms with van der Waals surface area (Å²) in [5.74, 6) is -0.216. The molecule has 0 aliphatic carbocycles. The molecule has 0 fully saturated rings. The van der Waals surface area contributed by atoms with Crippen LogP contribution in [0.5, 0.6) is 0 Å². The standard InChI is InChI=1S/C23H19FN6O/c1-16(20-9-5-6-10-21(20)24)25-27-23(31)19-13-11-17(12-14-19)15-30-28-22(26-29-30)18-7-3-2-4-8-18/h2-14H,15H2,1H3,(H,27,31)/b25-16+. The molecule has 0 saturated carbocycles. The van der Waals surface area contributed by atoms with Crippen molar-refractivity contribution in [1.29, 1.82) is 0 Å². The number of benzene rings is 3. The SMILES string of the molecule is C/C(=N\NC(=O)c1ccc(Cn2nnc(-c3ccccc3)n2)cc1)c1ccccc1F. The van der Waals surface area contributed by atoms with Gasteiger partial charge in [-0.25, -0.2) is 9.82 Å². The van der Waals surface area contributed by atoms with Crippen LogP contribution in [-0.4, -0.2) is 31.8 Å². The molecule has 0 spiro atoms. The van der Waals surface area contributed by atoms with Crippen LogP contribution in [0, 0.1) is 5.82 Å². The molecule has 7 nitrogen and oxygen atoms in total. The first-order chi connectivity index (χ1) is 15.1. The molecule has 0 atom stereocenters. The number of hydrogen-bond acceptors (Lipinski definition) is 5. The van der Waals surface area contributed by atoms with Crippen LogP contribution in [0.2, 0.25) is 0 Å². The van der Waals surface area contributed by atoms with E-state index in [4.69, 9.17) is 0 Å². The molecule has 154 valence electrons. The smallest absolute Gasteiger partial charge is 0.267 e. The Bertz CT molecular complexity index is 1220. The van der Waals surface area contributed by atoms with Gasteiger partial charge in [0.25, 0.3) is 5.91 Å². The molecule has 1 heterocycles. The van der Waals surface area contributed by atoms with E-state index in [0.717, 1.165) is 11.1 Å². The molecular weight excluding hydrogens is 395 g/mol. The second-order valence-electron chi connectivity index (χ2n) is 6.82. The van der Waals surface area contributed by atoms with Gasteiger partial charge in [-0.2, -0.15) is 9.90 Å². The Morgan fingerprint density at radius 2 is 1.71 bits per heavy atom. The number of rotatable bonds is 6. The minimum Gasteiger partial charge on any atom is -0.267 e. The summed E-state index contributed by atoms with van der Waals surface area (Å²) in [7, 11) is 0. The highest BCUT2D eigenvalue weighted by molar-refractivity contribution is 6.01. The third-order valence-corrected chi connectivity index (χ3v) is 4.61. The summed E-state index contributed by atoms with van der Waals surface area (Å²) in [6.07, 6.45) is 0. The number of nitrogens with one attached hydrogen (secondary N) is 1. The highest BCUT2D eigenvalue weighted by Gasteiger charge is 2.09. The Balaban J connectivity index is 1.39. The van der Waals surface area contributed by atoms with E-state index in [9.17, 15) is 9.18 Å². The van der Waals surface area contributed by atoms with Gasteiger partial charge in [0.15, 0.2) is 0 Å². The van der Waals surface area contributed by atoms with Crippen LogP contribution in [0.1, 0.15) is 28.4 Å². The predicted octanol–water partition coefficient (Wildman–Crippen LogP) is 3.68. The van der Waals surface area contributed by atoms with Crippen molar-refractivity contribution in [3.63, 3.8) is 0 Å². The number of nitrogens with zero attached hydrogens (tertiary/aromatic N) is 5. The van der Waals surface area contributed by atoms with Gasteiger partial charge in [0.1, 0.15) is 5.82 Å². The number of carbonyl (C=O) groups is 1. The molecule has 0 saturated heterocycles. The molecule has 3 aromatic carbocycles. The number of hydrogen-bond donors (Lipinski definition) is 1. The maximum atomic E-state index is 13.8. The van der Waals surface area contributed by atoms with Crippen LogP contribution in [0.3, 0.4) is 0 Å². The minimum absolute atomic E-state index is 0.341.